The lowest BCUT2D eigenvalue weighted by Gasteiger charge is -2.08. The summed E-state index contributed by atoms with van der Waals surface area (Å²) in [5.74, 6) is -2.65. The molecule has 7 heteroatoms. The number of hydrogen-bond acceptors (Lipinski definition) is 3. The maximum atomic E-state index is 13.8. The summed E-state index contributed by atoms with van der Waals surface area (Å²) in [6.45, 7) is 1.73. The van der Waals surface area contributed by atoms with E-state index in [2.05, 4.69) is 31.8 Å². The molecule has 0 aliphatic heterocycles. The molecule has 2 amide bonds. The van der Waals surface area contributed by atoms with Gasteiger partial charge in [-0.25, -0.2) is 9.82 Å². The lowest BCUT2D eigenvalue weighted by Crippen LogP contribution is -2.33. The van der Waals surface area contributed by atoms with Crippen molar-refractivity contribution in [3.05, 3.63) is 76.5 Å². The third-order valence-corrected chi connectivity index (χ3v) is 4.38. The predicted molar refractivity (Wildman–Crippen MR) is 107 cm³/mol. The Morgan fingerprint density at radius 3 is 2.52 bits per heavy atom. The van der Waals surface area contributed by atoms with Gasteiger partial charge in [0, 0.05) is 10.0 Å². The van der Waals surface area contributed by atoms with E-state index in [0.29, 0.717) is 10.2 Å². The molecule has 136 valence electrons. The van der Waals surface area contributed by atoms with Crippen molar-refractivity contribution in [2.75, 3.05) is 5.32 Å². The van der Waals surface area contributed by atoms with Gasteiger partial charge in [-0.3, -0.25) is 9.59 Å². The molecular weight excluding hydrogens is 413 g/mol. The van der Waals surface area contributed by atoms with Gasteiger partial charge in [-0.05, 0) is 35.9 Å². The number of nitrogens with zero attached hydrogens (tertiary/aromatic N) is 1. The summed E-state index contributed by atoms with van der Waals surface area (Å²) in [5, 5.41) is 8.24. The number of hydrogen-bond donors (Lipinski definition) is 2. The van der Waals surface area contributed by atoms with Crippen LogP contribution >= 0.6 is 15.9 Å². The summed E-state index contributed by atoms with van der Waals surface area (Å²) in [5.41, 5.74) is 3.50. The van der Waals surface area contributed by atoms with Gasteiger partial charge >= 0.3 is 11.8 Å². The molecule has 0 atom stereocenters. The first-order valence-electron chi connectivity index (χ1n) is 8.04. The van der Waals surface area contributed by atoms with Crippen LogP contribution in [0.3, 0.4) is 0 Å². The predicted octanol–water partition coefficient (Wildman–Crippen LogP) is 4.22. The average Bonchev–Trinajstić information content (AvgIpc) is 2.67. The molecular formula is C20H15BrFN3O2. The highest BCUT2D eigenvalue weighted by Gasteiger charge is 2.15. The fourth-order valence-electron chi connectivity index (χ4n) is 2.56. The van der Waals surface area contributed by atoms with Crippen molar-refractivity contribution < 1.29 is 14.0 Å². The highest BCUT2D eigenvalue weighted by Crippen LogP contribution is 2.20. The molecule has 0 radical (unpaired) electrons. The van der Waals surface area contributed by atoms with E-state index < -0.39 is 17.6 Å². The number of carbonyl (C=O) groups excluding carboxylic acids is 2. The van der Waals surface area contributed by atoms with Crippen LogP contribution in [-0.2, 0) is 9.59 Å². The maximum absolute atomic E-state index is 13.8. The van der Waals surface area contributed by atoms with E-state index >= 15 is 0 Å². The zero-order valence-electron chi connectivity index (χ0n) is 14.3. The number of benzene rings is 3. The van der Waals surface area contributed by atoms with Gasteiger partial charge in [0.15, 0.2) is 0 Å². The second kappa shape index (κ2) is 8.09. The molecule has 2 N–H and O–H groups in total. The third-order valence-electron chi connectivity index (χ3n) is 3.89. The Balaban J connectivity index is 1.72. The van der Waals surface area contributed by atoms with Crippen LogP contribution in [0, 0.1) is 5.82 Å². The second-order valence-corrected chi connectivity index (χ2v) is 6.66. The van der Waals surface area contributed by atoms with E-state index in [-0.39, 0.29) is 5.69 Å². The number of hydrazone groups is 1. The molecule has 3 rings (SSSR count). The van der Waals surface area contributed by atoms with Gasteiger partial charge < -0.3 is 5.32 Å². The number of rotatable bonds is 3. The Bertz CT molecular complexity index is 1060. The minimum atomic E-state index is -1.01. The van der Waals surface area contributed by atoms with Crippen LogP contribution in [0.25, 0.3) is 10.8 Å². The van der Waals surface area contributed by atoms with Gasteiger partial charge in [-0.15, -0.1) is 0 Å². The third kappa shape index (κ3) is 4.38. The number of amides is 2. The summed E-state index contributed by atoms with van der Waals surface area (Å²) in [7, 11) is 0. The molecule has 0 bridgehead atoms. The van der Waals surface area contributed by atoms with E-state index in [0.717, 1.165) is 16.3 Å². The van der Waals surface area contributed by atoms with Crippen LogP contribution in [0.15, 0.2) is 70.2 Å². The molecule has 0 spiro atoms. The van der Waals surface area contributed by atoms with E-state index in [1.165, 1.54) is 12.1 Å². The second-order valence-electron chi connectivity index (χ2n) is 5.74. The Labute approximate surface area is 163 Å². The van der Waals surface area contributed by atoms with Gasteiger partial charge in [0.25, 0.3) is 0 Å². The van der Waals surface area contributed by atoms with Gasteiger partial charge in [0.2, 0.25) is 0 Å². The number of carbonyl (C=O) groups is 2. The normalized spacial score (nSPS) is 11.3. The topological polar surface area (TPSA) is 70.6 Å². The number of fused-ring (bicyclic) bond motifs is 1. The number of anilines is 1. The molecule has 0 aliphatic rings. The molecule has 3 aromatic carbocycles. The fourth-order valence-corrected chi connectivity index (χ4v) is 2.89. The number of nitrogens with one attached hydrogen (secondary N) is 2. The van der Waals surface area contributed by atoms with E-state index in [4.69, 9.17) is 0 Å². The van der Waals surface area contributed by atoms with Gasteiger partial charge in [0.1, 0.15) is 5.82 Å². The molecule has 5 nitrogen and oxygen atoms in total. The molecule has 0 unspecified atom stereocenters. The van der Waals surface area contributed by atoms with Crippen LogP contribution in [0.2, 0.25) is 0 Å². The van der Waals surface area contributed by atoms with Crippen molar-refractivity contribution >= 4 is 49.9 Å². The first-order chi connectivity index (χ1) is 13.0. The summed E-state index contributed by atoms with van der Waals surface area (Å²) >= 11 is 3.12. The average molecular weight is 428 g/mol. The van der Waals surface area contributed by atoms with Gasteiger partial charge in [-0.2, -0.15) is 5.10 Å². The Morgan fingerprint density at radius 1 is 1.00 bits per heavy atom. The van der Waals surface area contributed by atoms with E-state index in [1.54, 1.807) is 13.0 Å². The van der Waals surface area contributed by atoms with Gasteiger partial charge in [-0.1, -0.05) is 58.4 Å². The Morgan fingerprint density at radius 2 is 1.74 bits per heavy atom. The Kier molecular flexibility index (Phi) is 5.61. The van der Waals surface area contributed by atoms with Crippen LogP contribution < -0.4 is 10.7 Å². The van der Waals surface area contributed by atoms with Crippen molar-refractivity contribution in [3.63, 3.8) is 0 Å². The van der Waals surface area contributed by atoms with Crippen molar-refractivity contribution in [2.24, 2.45) is 5.10 Å². The van der Waals surface area contributed by atoms with Crippen molar-refractivity contribution in [1.29, 1.82) is 0 Å². The molecule has 0 aromatic heterocycles. The maximum Gasteiger partial charge on any atom is 0.329 e. The molecule has 3 aromatic rings. The Hall–Kier alpha value is -3.06. The minimum Gasteiger partial charge on any atom is -0.315 e. The lowest BCUT2D eigenvalue weighted by atomic mass is 10.0. The summed E-state index contributed by atoms with van der Waals surface area (Å²) in [6.07, 6.45) is 0. The fraction of sp³-hybridized carbons (Fsp3) is 0.0500. The quantitative estimate of drug-likeness (QED) is 0.373. The van der Waals surface area contributed by atoms with Crippen molar-refractivity contribution in [2.45, 2.75) is 6.92 Å². The highest BCUT2D eigenvalue weighted by atomic mass is 79.9. The zero-order valence-corrected chi connectivity index (χ0v) is 15.9. The molecule has 0 heterocycles. The van der Waals surface area contributed by atoms with Crippen LogP contribution in [0.4, 0.5) is 10.1 Å². The molecule has 0 saturated carbocycles. The van der Waals surface area contributed by atoms with Crippen LogP contribution in [0.5, 0.6) is 0 Å². The largest absolute Gasteiger partial charge is 0.329 e. The lowest BCUT2D eigenvalue weighted by molar-refractivity contribution is -0.136. The smallest absolute Gasteiger partial charge is 0.315 e. The van der Waals surface area contributed by atoms with E-state index in [1.807, 2.05) is 42.5 Å². The monoisotopic (exact) mass is 427 g/mol. The summed E-state index contributed by atoms with van der Waals surface area (Å²) in [6, 6.07) is 17.6. The molecule has 0 saturated heterocycles. The minimum absolute atomic E-state index is 0.0897. The van der Waals surface area contributed by atoms with Crippen LogP contribution in [0.1, 0.15) is 12.5 Å². The standard InChI is InChI=1S/C20H15BrFN3O2/c1-12(15-8-4-6-13-5-2-3-7-16(13)15)24-25-20(27)19(26)23-18-10-9-14(21)11-17(18)22/h2-11H,1H3,(H,23,26)(H,25,27)/b24-12+. The molecule has 0 fully saturated rings. The summed E-state index contributed by atoms with van der Waals surface area (Å²) in [4.78, 5) is 23.9. The number of halogens is 2. The molecule has 0 aliphatic carbocycles. The highest BCUT2D eigenvalue weighted by molar-refractivity contribution is 9.10. The van der Waals surface area contributed by atoms with Crippen molar-refractivity contribution in [3.8, 4) is 0 Å². The van der Waals surface area contributed by atoms with Gasteiger partial charge in [0.05, 0.1) is 11.4 Å². The molecule has 27 heavy (non-hydrogen) atoms. The van der Waals surface area contributed by atoms with Crippen LogP contribution in [-0.4, -0.2) is 17.5 Å². The SMILES string of the molecule is C/C(=N\NC(=O)C(=O)Nc1ccc(Br)cc1F)c1cccc2ccccc12. The zero-order chi connectivity index (χ0) is 19.4. The first-order valence-corrected chi connectivity index (χ1v) is 8.84. The van der Waals surface area contributed by atoms with Crippen molar-refractivity contribution in [1.82, 2.24) is 5.43 Å². The summed E-state index contributed by atoms with van der Waals surface area (Å²) < 4.78 is 14.3. The first kappa shape index (κ1) is 18.7. The van der Waals surface area contributed by atoms with E-state index in [9.17, 15) is 14.0 Å².